The van der Waals surface area contributed by atoms with Crippen molar-refractivity contribution in [3.8, 4) is 0 Å². The number of nitrogens with zero attached hydrogens (tertiary/aromatic N) is 3. The maximum Gasteiger partial charge on any atom is 0.270 e. The summed E-state index contributed by atoms with van der Waals surface area (Å²) in [5.41, 5.74) is 0. The van der Waals surface area contributed by atoms with E-state index in [1.165, 1.54) is 0 Å². The van der Waals surface area contributed by atoms with Gasteiger partial charge in [-0.15, -0.1) is 0 Å². The standard InChI is InChI=1S/C5H11N5O3/c11-2-1-9-3-6-5(7-4-9)8-10(12)13/h11H,1-4H2,(H2,6,7,8). The topological polar surface area (TPSA) is 103 Å². The van der Waals surface area contributed by atoms with E-state index in [9.17, 15) is 10.1 Å². The number of aliphatic hydroxyl groups excluding tert-OH is 1. The molecule has 1 heterocycles. The van der Waals surface area contributed by atoms with Gasteiger partial charge in [-0.05, 0) is 0 Å². The number of rotatable bonds is 3. The van der Waals surface area contributed by atoms with E-state index in [0.29, 0.717) is 19.9 Å². The molecule has 13 heavy (non-hydrogen) atoms. The normalized spacial score (nSPS) is 17.5. The zero-order valence-electron chi connectivity index (χ0n) is 6.93. The minimum Gasteiger partial charge on any atom is -0.395 e. The van der Waals surface area contributed by atoms with E-state index < -0.39 is 5.03 Å². The molecule has 0 unspecified atom stereocenters. The second kappa shape index (κ2) is 4.58. The lowest BCUT2D eigenvalue weighted by atomic mass is 10.5. The fraction of sp³-hybridized carbons (Fsp3) is 0.800. The average Bonchev–Trinajstić information content (AvgIpc) is 2.08. The fourth-order valence-corrected chi connectivity index (χ4v) is 0.944. The molecular formula is C5H11N5O3. The van der Waals surface area contributed by atoms with Crippen molar-refractivity contribution in [2.75, 3.05) is 26.5 Å². The molecule has 0 saturated carbocycles. The number of hydrogen-bond donors (Lipinski definition) is 3. The molecule has 8 nitrogen and oxygen atoms in total. The second-order valence-corrected chi connectivity index (χ2v) is 2.47. The molecule has 0 bridgehead atoms. The van der Waals surface area contributed by atoms with Crippen LogP contribution in [0.4, 0.5) is 0 Å². The fourth-order valence-electron chi connectivity index (χ4n) is 0.944. The van der Waals surface area contributed by atoms with Crippen LogP contribution in [0.25, 0.3) is 0 Å². The molecule has 1 aliphatic rings. The monoisotopic (exact) mass is 189 g/mol. The SMILES string of the molecule is O=[N+]([O-])N=C1NCN(CCO)CN1. The maximum absolute atomic E-state index is 9.96. The molecule has 0 aromatic rings. The molecule has 8 heteroatoms. The molecule has 0 atom stereocenters. The third-order valence-corrected chi connectivity index (χ3v) is 1.54. The predicted octanol–water partition coefficient (Wildman–Crippen LogP) is -2.06. The molecule has 0 aliphatic carbocycles. The van der Waals surface area contributed by atoms with Crippen molar-refractivity contribution >= 4 is 5.96 Å². The van der Waals surface area contributed by atoms with Crippen molar-refractivity contribution in [1.29, 1.82) is 0 Å². The summed E-state index contributed by atoms with van der Waals surface area (Å²) in [6.07, 6.45) is 0. The van der Waals surface area contributed by atoms with Crippen LogP contribution in [0.15, 0.2) is 5.10 Å². The van der Waals surface area contributed by atoms with Gasteiger partial charge in [0, 0.05) is 6.54 Å². The second-order valence-electron chi connectivity index (χ2n) is 2.47. The summed E-state index contributed by atoms with van der Waals surface area (Å²) in [6.45, 7) is 1.47. The van der Waals surface area contributed by atoms with Gasteiger partial charge < -0.3 is 15.7 Å². The Morgan fingerprint density at radius 2 is 2.23 bits per heavy atom. The summed E-state index contributed by atoms with van der Waals surface area (Å²) in [5, 5.41) is 26.2. The molecule has 0 aromatic carbocycles. The Morgan fingerprint density at radius 3 is 2.69 bits per heavy atom. The lowest BCUT2D eigenvalue weighted by Gasteiger charge is -2.27. The molecule has 1 fully saturated rings. The summed E-state index contributed by atoms with van der Waals surface area (Å²) >= 11 is 0. The first-order valence-electron chi connectivity index (χ1n) is 3.76. The van der Waals surface area contributed by atoms with E-state index >= 15 is 0 Å². The first-order valence-corrected chi connectivity index (χ1v) is 3.76. The molecular weight excluding hydrogens is 178 g/mol. The highest BCUT2D eigenvalue weighted by Gasteiger charge is 2.14. The van der Waals surface area contributed by atoms with Gasteiger partial charge in [-0.3, -0.25) is 4.90 Å². The third kappa shape index (κ3) is 3.22. The van der Waals surface area contributed by atoms with Crippen LogP contribution < -0.4 is 10.6 Å². The van der Waals surface area contributed by atoms with Gasteiger partial charge >= 0.3 is 0 Å². The molecule has 1 saturated heterocycles. The highest BCUT2D eigenvalue weighted by molar-refractivity contribution is 5.79. The Hall–Kier alpha value is -1.41. The summed E-state index contributed by atoms with van der Waals surface area (Å²) < 4.78 is 0. The smallest absolute Gasteiger partial charge is 0.270 e. The van der Waals surface area contributed by atoms with Crippen LogP contribution >= 0.6 is 0 Å². The first kappa shape index (κ1) is 9.68. The van der Waals surface area contributed by atoms with Crippen LogP contribution in [0.5, 0.6) is 0 Å². The minimum absolute atomic E-state index is 0.0606. The van der Waals surface area contributed by atoms with Crippen LogP contribution in [-0.2, 0) is 0 Å². The van der Waals surface area contributed by atoms with Crippen molar-refractivity contribution in [2.45, 2.75) is 0 Å². The van der Waals surface area contributed by atoms with Crippen molar-refractivity contribution < 1.29 is 10.1 Å². The number of hydrazone groups is 1. The summed E-state index contributed by atoms with van der Waals surface area (Å²) in [4.78, 5) is 11.8. The predicted molar refractivity (Wildman–Crippen MR) is 44.2 cm³/mol. The van der Waals surface area contributed by atoms with E-state index in [4.69, 9.17) is 5.11 Å². The summed E-state index contributed by atoms with van der Waals surface area (Å²) in [7, 11) is 0. The molecule has 0 radical (unpaired) electrons. The van der Waals surface area contributed by atoms with E-state index in [0.717, 1.165) is 0 Å². The van der Waals surface area contributed by atoms with Crippen molar-refractivity contribution in [2.24, 2.45) is 5.10 Å². The van der Waals surface area contributed by atoms with E-state index in [1.54, 1.807) is 0 Å². The third-order valence-electron chi connectivity index (χ3n) is 1.54. The highest BCUT2D eigenvalue weighted by Crippen LogP contribution is 1.88. The van der Waals surface area contributed by atoms with E-state index in [2.05, 4.69) is 15.7 Å². The zero-order valence-corrected chi connectivity index (χ0v) is 6.93. The van der Waals surface area contributed by atoms with Crippen LogP contribution in [0.3, 0.4) is 0 Å². The Balaban J connectivity index is 2.34. The van der Waals surface area contributed by atoms with Crippen LogP contribution in [0.2, 0.25) is 0 Å². The Bertz CT molecular complexity index is 208. The van der Waals surface area contributed by atoms with Crippen molar-refractivity contribution in [3.05, 3.63) is 10.1 Å². The minimum atomic E-state index is -0.767. The van der Waals surface area contributed by atoms with Crippen molar-refractivity contribution in [3.63, 3.8) is 0 Å². The number of nitro groups is 1. The number of hydrogen-bond acceptors (Lipinski definition) is 4. The zero-order chi connectivity index (χ0) is 9.68. The Morgan fingerprint density at radius 1 is 1.62 bits per heavy atom. The van der Waals surface area contributed by atoms with Gasteiger partial charge in [-0.25, -0.2) is 10.1 Å². The van der Waals surface area contributed by atoms with Gasteiger partial charge in [0.1, 0.15) is 5.10 Å². The van der Waals surface area contributed by atoms with Gasteiger partial charge in [0.2, 0.25) is 0 Å². The number of guanidine groups is 1. The molecule has 74 valence electrons. The molecule has 0 spiro atoms. The lowest BCUT2D eigenvalue weighted by Crippen LogP contribution is -2.55. The maximum atomic E-state index is 9.96. The van der Waals surface area contributed by atoms with Gasteiger partial charge in [0.15, 0.2) is 5.03 Å². The molecule has 1 rings (SSSR count). The van der Waals surface area contributed by atoms with E-state index in [1.807, 2.05) is 4.90 Å². The average molecular weight is 189 g/mol. The molecule has 3 N–H and O–H groups in total. The number of aliphatic hydroxyl groups is 1. The Kier molecular flexibility index (Phi) is 3.41. The van der Waals surface area contributed by atoms with Crippen LogP contribution in [-0.4, -0.2) is 47.5 Å². The van der Waals surface area contributed by atoms with Gasteiger partial charge in [0.05, 0.1) is 19.9 Å². The Labute approximate surface area is 74.4 Å². The quantitative estimate of drug-likeness (QED) is 0.348. The van der Waals surface area contributed by atoms with Crippen LogP contribution in [0, 0.1) is 10.1 Å². The molecule has 1 aliphatic heterocycles. The summed E-state index contributed by atoms with van der Waals surface area (Å²) in [6, 6.07) is 0. The van der Waals surface area contributed by atoms with E-state index in [-0.39, 0.29) is 12.6 Å². The number of nitrogens with one attached hydrogen (secondary N) is 2. The van der Waals surface area contributed by atoms with Crippen LogP contribution in [0.1, 0.15) is 0 Å². The largest absolute Gasteiger partial charge is 0.395 e. The first-order chi connectivity index (χ1) is 6.22. The number of β-amino-alcohol motifs (C(OH)–C–C–N with tert-alkyl or cyclic N) is 1. The van der Waals surface area contributed by atoms with Gasteiger partial charge in [0.25, 0.3) is 5.96 Å². The highest BCUT2D eigenvalue weighted by atomic mass is 16.7. The lowest BCUT2D eigenvalue weighted by molar-refractivity contribution is -0.485. The molecule has 0 aromatic heterocycles. The molecule has 0 amide bonds. The van der Waals surface area contributed by atoms with Gasteiger partial charge in [-0.1, -0.05) is 0 Å². The van der Waals surface area contributed by atoms with Crippen molar-refractivity contribution in [1.82, 2.24) is 15.5 Å². The summed E-state index contributed by atoms with van der Waals surface area (Å²) in [5.74, 6) is 0.152. The van der Waals surface area contributed by atoms with Gasteiger partial charge in [-0.2, -0.15) is 0 Å².